The Morgan fingerprint density at radius 2 is 2.21 bits per heavy atom. The van der Waals surface area contributed by atoms with Crippen molar-refractivity contribution in [3.05, 3.63) is 23.9 Å². The second-order valence-corrected chi connectivity index (χ2v) is 5.66. The Labute approximate surface area is 114 Å². The highest BCUT2D eigenvalue weighted by Gasteiger charge is 2.27. The first-order chi connectivity index (χ1) is 9.35. The van der Waals surface area contributed by atoms with E-state index in [1.54, 1.807) is 6.20 Å². The molecule has 2 aliphatic rings. The summed E-state index contributed by atoms with van der Waals surface area (Å²) in [5, 5.41) is 12.4. The Morgan fingerprint density at radius 3 is 2.79 bits per heavy atom. The SMILES string of the molecule is N#Cc1ccc(N(CC2CC2)CC2CCCN2)nc1. The summed E-state index contributed by atoms with van der Waals surface area (Å²) in [4.78, 5) is 6.84. The van der Waals surface area contributed by atoms with E-state index in [0.717, 1.165) is 31.4 Å². The second kappa shape index (κ2) is 5.58. The number of nitrogens with zero attached hydrogens (tertiary/aromatic N) is 3. The van der Waals surface area contributed by atoms with Crippen LogP contribution in [-0.4, -0.2) is 30.7 Å². The number of pyridine rings is 1. The van der Waals surface area contributed by atoms with Crippen LogP contribution in [0.15, 0.2) is 18.3 Å². The molecule has 1 saturated carbocycles. The first-order valence-electron chi connectivity index (χ1n) is 7.19. The highest BCUT2D eigenvalue weighted by molar-refractivity contribution is 5.42. The maximum Gasteiger partial charge on any atom is 0.128 e. The minimum Gasteiger partial charge on any atom is -0.355 e. The fourth-order valence-corrected chi connectivity index (χ4v) is 2.69. The summed E-state index contributed by atoms with van der Waals surface area (Å²) in [6, 6.07) is 6.57. The third kappa shape index (κ3) is 3.24. The summed E-state index contributed by atoms with van der Waals surface area (Å²) in [5.41, 5.74) is 0.633. The molecule has 2 heterocycles. The predicted molar refractivity (Wildman–Crippen MR) is 74.9 cm³/mol. The summed E-state index contributed by atoms with van der Waals surface area (Å²) in [7, 11) is 0. The molecule has 1 aromatic rings. The molecule has 1 saturated heterocycles. The normalized spacial score (nSPS) is 22.2. The smallest absolute Gasteiger partial charge is 0.128 e. The largest absolute Gasteiger partial charge is 0.355 e. The van der Waals surface area contributed by atoms with Gasteiger partial charge in [-0.3, -0.25) is 0 Å². The summed E-state index contributed by atoms with van der Waals surface area (Å²) >= 11 is 0. The molecule has 1 atom stereocenters. The quantitative estimate of drug-likeness (QED) is 0.874. The molecule has 1 aliphatic carbocycles. The molecule has 1 unspecified atom stereocenters. The van der Waals surface area contributed by atoms with Gasteiger partial charge in [0.15, 0.2) is 0 Å². The molecule has 4 heteroatoms. The average molecular weight is 256 g/mol. The van der Waals surface area contributed by atoms with Crippen molar-refractivity contribution in [1.29, 1.82) is 5.26 Å². The van der Waals surface area contributed by atoms with Gasteiger partial charge in [0, 0.05) is 25.3 Å². The molecule has 3 rings (SSSR count). The van der Waals surface area contributed by atoms with Crippen molar-refractivity contribution < 1.29 is 0 Å². The van der Waals surface area contributed by atoms with Gasteiger partial charge in [-0.1, -0.05) is 0 Å². The minimum absolute atomic E-state index is 0.594. The van der Waals surface area contributed by atoms with Crippen molar-refractivity contribution in [2.24, 2.45) is 5.92 Å². The second-order valence-electron chi connectivity index (χ2n) is 5.66. The number of anilines is 1. The Hall–Kier alpha value is -1.60. The Morgan fingerprint density at radius 1 is 1.32 bits per heavy atom. The predicted octanol–water partition coefficient (Wildman–Crippen LogP) is 1.92. The zero-order valence-corrected chi connectivity index (χ0v) is 11.2. The Kier molecular flexibility index (Phi) is 3.65. The van der Waals surface area contributed by atoms with E-state index in [1.165, 1.54) is 25.7 Å². The molecule has 0 aromatic carbocycles. The van der Waals surface area contributed by atoms with E-state index in [9.17, 15) is 0 Å². The van der Waals surface area contributed by atoms with Gasteiger partial charge in [0.1, 0.15) is 11.9 Å². The van der Waals surface area contributed by atoms with Gasteiger partial charge in [-0.2, -0.15) is 5.26 Å². The van der Waals surface area contributed by atoms with Crippen molar-refractivity contribution >= 4 is 5.82 Å². The monoisotopic (exact) mass is 256 g/mol. The van der Waals surface area contributed by atoms with Crippen LogP contribution < -0.4 is 10.2 Å². The molecule has 19 heavy (non-hydrogen) atoms. The van der Waals surface area contributed by atoms with Gasteiger partial charge in [-0.05, 0) is 50.3 Å². The van der Waals surface area contributed by atoms with Gasteiger partial charge in [-0.25, -0.2) is 4.98 Å². The zero-order valence-electron chi connectivity index (χ0n) is 11.2. The molecule has 2 fully saturated rings. The van der Waals surface area contributed by atoms with Crippen LogP contribution in [0.5, 0.6) is 0 Å². The van der Waals surface area contributed by atoms with E-state index >= 15 is 0 Å². The van der Waals surface area contributed by atoms with Crippen LogP contribution in [0.3, 0.4) is 0 Å². The lowest BCUT2D eigenvalue weighted by molar-refractivity contribution is 0.567. The molecule has 0 amide bonds. The van der Waals surface area contributed by atoms with Crippen molar-refractivity contribution in [2.75, 3.05) is 24.5 Å². The third-order valence-electron chi connectivity index (χ3n) is 3.98. The Balaban J connectivity index is 1.70. The van der Waals surface area contributed by atoms with E-state index in [4.69, 9.17) is 5.26 Å². The lowest BCUT2D eigenvalue weighted by Gasteiger charge is -2.27. The van der Waals surface area contributed by atoms with Crippen LogP contribution in [0.1, 0.15) is 31.2 Å². The number of nitriles is 1. The summed E-state index contributed by atoms with van der Waals surface area (Å²) in [6.07, 6.45) is 6.92. The molecule has 1 aliphatic heterocycles. The van der Waals surface area contributed by atoms with E-state index in [-0.39, 0.29) is 0 Å². The summed E-state index contributed by atoms with van der Waals surface area (Å²) < 4.78 is 0. The fourth-order valence-electron chi connectivity index (χ4n) is 2.69. The summed E-state index contributed by atoms with van der Waals surface area (Å²) in [6.45, 7) is 3.29. The molecule has 0 spiro atoms. The molecule has 4 nitrogen and oxygen atoms in total. The van der Waals surface area contributed by atoms with Gasteiger partial charge < -0.3 is 10.2 Å². The fraction of sp³-hybridized carbons (Fsp3) is 0.600. The Bertz CT molecular complexity index is 452. The molecule has 0 radical (unpaired) electrons. The molecule has 0 bridgehead atoms. The first-order valence-corrected chi connectivity index (χ1v) is 7.19. The maximum atomic E-state index is 8.84. The highest BCUT2D eigenvalue weighted by atomic mass is 15.2. The van der Waals surface area contributed by atoms with Crippen molar-refractivity contribution in [3.63, 3.8) is 0 Å². The lowest BCUT2D eigenvalue weighted by Crippen LogP contribution is -2.39. The number of aromatic nitrogens is 1. The van der Waals surface area contributed by atoms with Gasteiger partial charge in [-0.15, -0.1) is 0 Å². The number of hydrogen-bond donors (Lipinski definition) is 1. The van der Waals surface area contributed by atoms with E-state index in [2.05, 4.69) is 21.3 Å². The standard InChI is InChI=1S/C15H20N4/c16-8-13-5-6-15(18-9-13)19(10-12-3-4-12)11-14-2-1-7-17-14/h5-6,9,12,14,17H,1-4,7,10-11H2. The molecule has 1 N–H and O–H groups in total. The van der Waals surface area contributed by atoms with E-state index in [1.807, 2.05) is 12.1 Å². The third-order valence-corrected chi connectivity index (χ3v) is 3.98. The molecular weight excluding hydrogens is 236 g/mol. The van der Waals surface area contributed by atoms with Crippen LogP contribution in [0, 0.1) is 17.2 Å². The zero-order chi connectivity index (χ0) is 13.1. The number of rotatable bonds is 5. The minimum atomic E-state index is 0.594. The van der Waals surface area contributed by atoms with Crippen molar-refractivity contribution in [2.45, 2.75) is 31.7 Å². The van der Waals surface area contributed by atoms with Gasteiger partial charge in [0.25, 0.3) is 0 Å². The molecule has 1 aromatic heterocycles. The van der Waals surface area contributed by atoms with E-state index in [0.29, 0.717) is 11.6 Å². The van der Waals surface area contributed by atoms with Crippen LogP contribution in [0.4, 0.5) is 5.82 Å². The van der Waals surface area contributed by atoms with Crippen LogP contribution in [0.2, 0.25) is 0 Å². The maximum absolute atomic E-state index is 8.84. The van der Waals surface area contributed by atoms with Crippen molar-refractivity contribution in [3.8, 4) is 6.07 Å². The van der Waals surface area contributed by atoms with Crippen molar-refractivity contribution in [1.82, 2.24) is 10.3 Å². The molecule has 100 valence electrons. The van der Waals surface area contributed by atoms with Crippen LogP contribution >= 0.6 is 0 Å². The molecular formula is C15H20N4. The number of hydrogen-bond acceptors (Lipinski definition) is 4. The van der Waals surface area contributed by atoms with Gasteiger partial charge in [0.2, 0.25) is 0 Å². The highest BCUT2D eigenvalue weighted by Crippen LogP contribution is 2.31. The van der Waals surface area contributed by atoms with Gasteiger partial charge in [0.05, 0.1) is 5.56 Å². The number of nitrogens with one attached hydrogen (secondary N) is 1. The van der Waals surface area contributed by atoms with Gasteiger partial charge >= 0.3 is 0 Å². The first kappa shape index (κ1) is 12.4. The van der Waals surface area contributed by atoms with E-state index < -0.39 is 0 Å². The lowest BCUT2D eigenvalue weighted by atomic mass is 10.2. The van der Waals surface area contributed by atoms with Crippen LogP contribution in [-0.2, 0) is 0 Å². The average Bonchev–Trinajstić information content (AvgIpc) is 3.12. The summed E-state index contributed by atoms with van der Waals surface area (Å²) in [5.74, 6) is 1.86. The topological polar surface area (TPSA) is 52.0 Å². The van der Waals surface area contributed by atoms with Crippen LogP contribution in [0.25, 0.3) is 0 Å².